The maximum atomic E-state index is 12.3. The minimum atomic E-state index is -0.794. The van der Waals surface area contributed by atoms with Gasteiger partial charge in [0.15, 0.2) is 11.7 Å². The summed E-state index contributed by atoms with van der Waals surface area (Å²) in [5.41, 5.74) is 1.87. The minimum Gasteiger partial charge on any atom is -0.459 e. The lowest BCUT2D eigenvalue weighted by atomic mass is 10.1. The van der Waals surface area contributed by atoms with E-state index in [1.807, 2.05) is 19.1 Å². The molecule has 30 heavy (non-hydrogen) atoms. The normalized spacial score (nSPS) is 13.0. The molecule has 1 aromatic carbocycles. The third-order valence-electron chi connectivity index (χ3n) is 4.60. The van der Waals surface area contributed by atoms with Crippen molar-refractivity contribution in [1.29, 1.82) is 0 Å². The van der Waals surface area contributed by atoms with Crippen LogP contribution in [0.3, 0.4) is 0 Å². The summed E-state index contributed by atoms with van der Waals surface area (Å²) in [6, 6.07) is 8.70. The van der Waals surface area contributed by atoms with Gasteiger partial charge < -0.3 is 19.2 Å². The number of aromatic amines is 1. The molecule has 0 aliphatic carbocycles. The van der Waals surface area contributed by atoms with Crippen LogP contribution in [0.2, 0.25) is 0 Å². The first-order valence-corrected chi connectivity index (χ1v) is 9.37. The highest BCUT2D eigenvalue weighted by Gasteiger charge is 2.24. The number of carbonyl (C=O) groups is 2. The molecule has 1 N–H and O–H groups in total. The van der Waals surface area contributed by atoms with Crippen molar-refractivity contribution in [3.8, 4) is 0 Å². The van der Waals surface area contributed by atoms with Gasteiger partial charge in [-0.05, 0) is 25.1 Å². The van der Waals surface area contributed by atoms with Crippen molar-refractivity contribution >= 4 is 23.0 Å². The maximum absolute atomic E-state index is 12.3. The van der Waals surface area contributed by atoms with E-state index in [4.69, 9.17) is 14.2 Å². The number of carbonyl (C=O) groups excluding carboxylic acids is 2. The summed E-state index contributed by atoms with van der Waals surface area (Å²) in [6.45, 7) is 3.19. The van der Waals surface area contributed by atoms with Crippen LogP contribution >= 0.6 is 0 Å². The highest BCUT2D eigenvalue weighted by molar-refractivity contribution is 5.89. The van der Waals surface area contributed by atoms with Crippen molar-refractivity contribution in [3.63, 3.8) is 0 Å². The number of benzene rings is 1. The van der Waals surface area contributed by atoms with Crippen LogP contribution < -0.4 is 5.56 Å². The molecule has 0 aliphatic heterocycles. The van der Waals surface area contributed by atoms with Crippen LogP contribution in [0.25, 0.3) is 11.0 Å². The zero-order chi connectivity index (χ0) is 21.7. The Balaban J connectivity index is 1.74. The number of nitrogens with one attached hydrogen (secondary N) is 1. The number of hydrogen-bond donors (Lipinski definition) is 1. The van der Waals surface area contributed by atoms with Gasteiger partial charge in [-0.25, -0.2) is 9.78 Å². The van der Waals surface area contributed by atoms with Gasteiger partial charge in [0.2, 0.25) is 0 Å². The Hall–Kier alpha value is -3.46. The van der Waals surface area contributed by atoms with E-state index in [9.17, 15) is 14.4 Å². The smallest absolute Gasteiger partial charge is 0.338 e. The van der Waals surface area contributed by atoms with Gasteiger partial charge >= 0.3 is 11.9 Å². The number of fused-ring (bicyclic) bond motifs is 1. The maximum Gasteiger partial charge on any atom is 0.338 e. The average molecular weight is 413 g/mol. The van der Waals surface area contributed by atoms with E-state index in [0.29, 0.717) is 11.1 Å². The fourth-order valence-electron chi connectivity index (χ4n) is 3.01. The van der Waals surface area contributed by atoms with Gasteiger partial charge in [0.1, 0.15) is 6.61 Å². The first-order valence-electron chi connectivity index (χ1n) is 9.37. The van der Waals surface area contributed by atoms with Crippen molar-refractivity contribution in [3.05, 3.63) is 64.3 Å². The van der Waals surface area contributed by atoms with E-state index in [-0.39, 0.29) is 24.1 Å². The molecule has 9 nitrogen and oxygen atoms in total. The molecule has 2 aromatic heterocycles. The molecule has 0 fully saturated rings. The van der Waals surface area contributed by atoms with Gasteiger partial charge in [0.05, 0.1) is 23.5 Å². The number of ether oxygens (including phenoxy) is 3. The predicted octanol–water partition coefficient (Wildman–Crippen LogP) is 2.36. The quantitative estimate of drug-likeness (QED) is 0.564. The van der Waals surface area contributed by atoms with Gasteiger partial charge in [-0.3, -0.25) is 14.2 Å². The van der Waals surface area contributed by atoms with Crippen molar-refractivity contribution in [2.24, 2.45) is 0 Å². The second-order valence-electron chi connectivity index (χ2n) is 6.81. The number of rotatable bonds is 8. The lowest BCUT2D eigenvalue weighted by Crippen LogP contribution is -2.27. The molecule has 0 saturated carbocycles. The van der Waals surface area contributed by atoms with E-state index in [1.54, 1.807) is 22.8 Å². The predicted molar refractivity (Wildman–Crippen MR) is 108 cm³/mol. The molecule has 0 radical (unpaired) electrons. The van der Waals surface area contributed by atoms with Crippen LogP contribution in [0.4, 0.5) is 0 Å². The molecule has 3 rings (SSSR count). The topological polar surface area (TPSA) is 113 Å². The molecular weight excluding hydrogens is 390 g/mol. The zero-order valence-corrected chi connectivity index (χ0v) is 17.0. The molecule has 0 amide bonds. The Bertz CT molecular complexity index is 1090. The molecule has 0 saturated heterocycles. The number of pyridine rings is 1. The van der Waals surface area contributed by atoms with Gasteiger partial charge in [-0.2, -0.15) is 0 Å². The SMILES string of the molecule is CO[C@H](COC(=O)c1ccc(C)cc1)C[C@@H](OC(C)=O)n1cnc2c(=O)[nH]ccc21. The van der Waals surface area contributed by atoms with Gasteiger partial charge in [0, 0.05) is 26.7 Å². The molecule has 0 unspecified atom stereocenters. The van der Waals surface area contributed by atoms with Gasteiger partial charge in [-0.1, -0.05) is 17.7 Å². The van der Waals surface area contributed by atoms with Crippen molar-refractivity contribution in [2.75, 3.05) is 13.7 Å². The van der Waals surface area contributed by atoms with Gasteiger partial charge in [0.25, 0.3) is 5.56 Å². The average Bonchev–Trinajstić information content (AvgIpc) is 3.15. The number of aromatic nitrogens is 3. The first kappa shape index (κ1) is 21.3. The highest BCUT2D eigenvalue weighted by Crippen LogP contribution is 2.22. The fourth-order valence-corrected chi connectivity index (χ4v) is 3.01. The molecule has 3 aromatic rings. The Kier molecular flexibility index (Phi) is 6.63. The van der Waals surface area contributed by atoms with Crippen molar-refractivity contribution in [1.82, 2.24) is 14.5 Å². The molecule has 0 aliphatic rings. The summed E-state index contributed by atoms with van der Waals surface area (Å²) in [7, 11) is 1.48. The summed E-state index contributed by atoms with van der Waals surface area (Å²) in [4.78, 5) is 42.5. The lowest BCUT2D eigenvalue weighted by molar-refractivity contribution is -0.153. The second kappa shape index (κ2) is 9.36. The number of methoxy groups -OCH3 is 1. The second-order valence-corrected chi connectivity index (χ2v) is 6.81. The lowest BCUT2D eigenvalue weighted by Gasteiger charge is -2.24. The van der Waals surface area contributed by atoms with Crippen LogP contribution in [-0.2, 0) is 19.0 Å². The zero-order valence-electron chi connectivity index (χ0n) is 17.0. The van der Waals surface area contributed by atoms with E-state index in [0.717, 1.165) is 5.56 Å². The van der Waals surface area contributed by atoms with Crippen LogP contribution in [0.5, 0.6) is 0 Å². The number of imidazole rings is 1. The minimum absolute atomic E-state index is 0.0335. The Morgan fingerprint density at radius 3 is 2.60 bits per heavy atom. The molecule has 2 heterocycles. The number of aryl methyl sites for hydroxylation is 1. The van der Waals surface area contributed by atoms with Gasteiger partial charge in [-0.15, -0.1) is 0 Å². The van der Waals surface area contributed by atoms with E-state index < -0.39 is 24.3 Å². The molecule has 2 atom stereocenters. The van der Waals surface area contributed by atoms with E-state index in [2.05, 4.69) is 9.97 Å². The third kappa shape index (κ3) is 4.93. The number of hydrogen-bond acceptors (Lipinski definition) is 7. The first-order chi connectivity index (χ1) is 14.4. The van der Waals surface area contributed by atoms with Crippen LogP contribution in [-0.4, -0.2) is 46.3 Å². The highest BCUT2D eigenvalue weighted by atomic mass is 16.6. The Morgan fingerprint density at radius 1 is 1.20 bits per heavy atom. The van der Waals surface area contributed by atoms with Crippen LogP contribution in [0, 0.1) is 6.92 Å². The molecule has 9 heteroatoms. The van der Waals surface area contributed by atoms with Crippen LogP contribution in [0.1, 0.15) is 35.5 Å². The standard InChI is InChI=1S/C21H23N3O6/c1-13-4-6-15(7-5-13)21(27)29-11-16(28-3)10-18(30-14(2)25)24-12-23-19-17(24)8-9-22-20(19)26/h4-9,12,16,18H,10-11H2,1-3H3,(H,22,26)/t16-,18+/m0/s1. The monoisotopic (exact) mass is 413 g/mol. The molecule has 158 valence electrons. The summed E-state index contributed by atoms with van der Waals surface area (Å²) in [6.07, 6.45) is 1.76. The summed E-state index contributed by atoms with van der Waals surface area (Å²) < 4.78 is 17.8. The number of nitrogens with zero attached hydrogens (tertiary/aromatic N) is 2. The van der Waals surface area contributed by atoms with E-state index >= 15 is 0 Å². The Labute approximate surface area is 172 Å². The summed E-state index contributed by atoms with van der Waals surface area (Å²) in [5, 5.41) is 0. The van der Waals surface area contributed by atoms with E-state index in [1.165, 1.54) is 26.6 Å². The molecule has 0 spiro atoms. The summed E-state index contributed by atoms with van der Waals surface area (Å²) in [5.74, 6) is -0.973. The van der Waals surface area contributed by atoms with Crippen LogP contribution in [0.15, 0.2) is 47.7 Å². The molecule has 0 bridgehead atoms. The number of H-pyrrole nitrogens is 1. The number of esters is 2. The third-order valence-corrected chi connectivity index (χ3v) is 4.60. The Morgan fingerprint density at radius 2 is 1.93 bits per heavy atom. The fraction of sp³-hybridized carbons (Fsp3) is 0.333. The van der Waals surface area contributed by atoms with Crippen molar-refractivity contribution in [2.45, 2.75) is 32.6 Å². The molecular formula is C21H23N3O6. The largest absolute Gasteiger partial charge is 0.459 e. The summed E-state index contributed by atoms with van der Waals surface area (Å²) >= 11 is 0. The van der Waals surface area contributed by atoms with Crippen molar-refractivity contribution < 1.29 is 23.8 Å².